The normalized spacial score (nSPS) is 13.6. The Morgan fingerprint density at radius 2 is 1.82 bits per heavy atom. The van der Waals surface area contributed by atoms with Crippen molar-refractivity contribution in [1.29, 1.82) is 0 Å². The van der Waals surface area contributed by atoms with Crippen LogP contribution in [0, 0.1) is 12.8 Å². The van der Waals surface area contributed by atoms with Crippen LogP contribution in [0.15, 0.2) is 24.3 Å². The number of rotatable bonds is 6. The van der Waals surface area contributed by atoms with Gasteiger partial charge in [-0.15, -0.1) is 0 Å². The summed E-state index contributed by atoms with van der Waals surface area (Å²) < 4.78 is 0. The molecule has 0 aliphatic heterocycles. The molecule has 0 aromatic heterocycles. The van der Waals surface area contributed by atoms with E-state index in [1.54, 1.807) is 11.9 Å². The van der Waals surface area contributed by atoms with Crippen LogP contribution in [0.2, 0.25) is 0 Å². The second-order valence-corrected chi connectivity index (χ2v) is 6.02. The number of aryl methyl sites for hydroxylation is 1. The molecule has 3 N–H and O–H groups in total. The summed E-state index contributed by atoms with van der Waals surface area (Å²) in [5, 5.41) is 2.61. The fourth-order valence-corrected chi connectivity index (χ4v) is 2.19. The number of hydrogen-bond donors (Lipinski definition) is 2. The third-order valence-corrected chi connectivity index (χ3v) is 4.05. The van der Waals surface area contributed by atoms with Crippen LogP contribution in [0.3, 0.4) is 0 Å². The van der Waals surface area contributed by atoms with Crippen molar-refractivity contribution in [3.8, 4) is 0 Å². The van der Waals surface area contributed by atoms with E-state index >= 15 is 0 Å². The Kier molecular flexibility index (Phi) is 6.56. The highest BCUT2D eigenvalue weighted by molar-refractivity contribution is 5.87. The average molecular weight is 305 g/mol. The number of hydrogen-bond acceptors (Lipinski definition) is 3. The van der Waals surface area contributed by atoms with Crippen LogP contribution in [-0.4, -0.2) is 36.3 Å². The molecule has 0 spiro atoms. The summed E-state index contributed by atoms with van der Waals surface area (Å²) in [5.41, 5.74) is 8.00. The first-order chi connectivity index (χ1) is 10.3. The minimum Gasteiger partial charge on any atom is -0.346 e. The maximum atomic E-state index is 12.2. The number of benzene rings is 1. The quantitative estimate of drug-likeness (QED) is 0.838. The van der Waals surface area contributed by atoms with Gasteiger partial charge in [-0.25, -0.2) is 0 Å². The molecule has 0 bridgehead atoms. The molecule has 0 aliphatic rings. The first-order valence-electron chi connectivity index (χ1n) is 7.60. The summed E-state index contributed by atoms with van der Waals surface area (Å²) in [6, 6.07) is 7.32. The molecule has 2 amide bonds. The van der Waals surface area contributed by atoms with Crippen LogP contribution in [0.4, 0.5) is 0 Å². The molecule has 0 saturated carbocycles. The molecule has 122 valence electrons. The predicted octanol–water partition coefficient (Wildman–Crippen LogP) is 1.61. The number of likely N-dealkylation sites (N-methyl/N-ethyl adjacent to an activating group) is 1. The molecule has 2 atom stereocenters. The van der Waals surface area contributed by atoms with E-state index in [2.05, 4.69) is 5.32 Å². The van der Waals surface area contributed by atoms with Crippen molar-refractivity contribution in [2.75, 3.05) is 13.6 Å². The van der Waals surface area contributed by atoms with Crippen molar-refractivity contribution in [2.45, 2.75) is 39.8 Å². The van der Waals surface area contributed by atoms with Crippen LogP contribution >= 0.6 is 0 Å². The van der Waals surface area contributed by atoms with Gasteiger partial charge in [-0.2, -0.15) is 0 Å². The lowest BCUT2D eigenvalue weighted by molar-refractivity contribution is -0.133. The molecule has 5 nitrogen and oxygen atoms in total. The topological polar surface area (TPSA) is 75.4 Å². The van der Waals surface area contributed by atoms with E-state index in [0.29, 0.717) is 0 Å². The number of carbonyl (C=O) groups is 2. The Labute approximate surface area is 132 Å². The first kappa shape index (κ1) is 18.2. The summed E-state index contributed by atoms with van der Waals surface area (Å²) in [7, 11) is 1.74. The summed E-state index contributed by atoms with van der Waals surface area (Å²) in [5.74, 6) is -0.390. The molecule has 1 aromatic rings. The molecule has 0 heterocycles. The SMILES string of the molecule is Cc1ccccc1C(C)N(C)C(=O)CNC(=O)[C@@H](N)C(C)C. The maximum absolute atomic E-state index is 12.2. The van der Waals surface area contributed by atoms with Gasteiger partial charge in [0.2, 0.25) is 11.8 Å². The number of nitrogens with two attached hydrogens (primary N) is 1. The van der Waals surface area contributed by atoms with Crippen molar-refractivity contribution in [3.63, 3.8) is 0 Å². The largest absolute Gasteiger partial charge is 0.346 e. The molecule has 1 aromatic carbocycles. The average Bonchev–Trinajstić information content (AvgIpc) is 2.50. The standard InChI is InChI=1S/C17H27N3O2/c1-11(2)16(18)17(22)19-10-15(21)20(5)13(4)14-9-7-6-8-12(14)3/h6-9,11,13,16H,10,18H2,1-5H3,(H,19,22)/t13?,16-/m0/s1. The first-order valence-corrected chi connectivity index (χ1v) is 7.60. The van der Waals surface area contributed by atoms with Gasteiger partial charge >= 0.3 is 0 Å². The highest BCUT2D eigenvalue weighted by Crippen LogP contribution is 2.21. The molecule has 22 heavy (non-hydrogen) atoms. The Bertz CT molecular complexity index is 528. The van der Waals surface area contributed by atoms with Gasteiger partial charge in [-0.1, -0.05) is 38.1 Å². The Morgan fingerprint density at radius 3 is 2.36 bits per heavy atom. The molecule has 0 saturated heterocycles. The molecular formula is C17H27N3O2. The van der Waals surface area contributed by atoms with Crippen molar-refractivity contribution < 1.29 is 9.59 Å². The van der Waals surface area contributed by atoms with E-state index in [1.807, 2.05) is 52.0 Å². The molecular weight excluding hydrogens is 278 g/mol. The predicted molar refractivity (Wildman–Crippen MR) is 88.2 cm³/mol. The van der Waals surface area contributed by atoms with Crippen molar-refractivity contribution in [2.24, 2.45) is 11.7 Å². The number of carbonyl (C=O) groups excluding carboxylic acids is 2. The summed E-state index contributed by atoms with van der Waals surface area (Å²) in [6.07, 6.45) is 0. The Morgan fingerprint density at radius 1 is 1.23 bits per heavy atom. The van der Waals surface area contributed by atoms with Gasteiger partial charge in [-0.3, -0.25) is 9.59 Å². The summed E-state index contributed by atoms with van der Waals surface area (Å²) in [4.78, 5) is 25.7. The molecule has 0 radical (unpaired) electrons. The minimum absolute atomic E-state index is 0.0357. The van der Waals surface area contributed by atoms with Crippen LogP contribution in [0.1, 0.15) is 37.9 Å². The van der Waals surface area contributed by atoms with Gasteiger partial charge < -0.3 is 16.0 Å². The molecule has 1 unspecified atom stereocenters. The van der Waals surface area contributed by atoms with Crippen LogP contribution in [0.25, 0.3) is 0 Å². The molecule has 5 heteroatoms. The smallest absolute Gasteiger partial charge is 0.242 e. The highest BCUT2D eigenvalue weighted by atomic mass is 16.2. The zero-order valence-electron chi connectivity index (χ0n) is 14.1. The van der Waals surface area contributed by atoms with E-state index in [1.165, 1.54) is 0 Å². The Balaban J connectivity index is 2.62. The van der Waals surface area contributed by atoms with Gasteiger partial charge in [0, 0.05) is 7.05 Å². The fraction of sp³-hybridized carbons (Fsp3) is 0.529. The third-order valence-electron chi connectivity index (χ3n) is 4.05. The van der Waals surface area contributed by atoms with Gasteiger partial charge in [0.15, 0.2) is 0 Å². The van der Waals surface area contributed by atoms with Crippen molar-refractivity contribution in [1.82, 2.24) is 10.2 Å². The van der Waals surface area contributed by atoms with Gasteiger partial charge in [0.1, 0.15) is 0 Å². The van der Waals surface area contributed by atoms with Gasteiger partial charge in [0.05, 0.1) is 18.6 Å². The Hall–Kier alpha value is -1.88. The summed E-state index contributed by atoms with van der Waals surface area (Å²) in [6.45, 7) is 7.71. The third kappa shape index (κ3) is 4.56. The van der Waals surface area contributed by atoms with Crippen LogP contribution < -0.4 is 11.1 Å². The van der Waals surface area contributed by atoms with Crippen molar-refractivity contribution >= 4 is 11.8 Å². The molecule has 0 aliphatic carbocycles. The lowest BCUT2D eigenvalue weighted by Gasteiger charge is -2.27. The zero-order valence-corrected chi connectivity index (χ0v) is 14.1. The van der Waals surface area contributed by atoms with E-state index in [4.69, 9.17) is 5.73 Å². The monoisotopic (exact) mass is 305 g/mol. The minimum atomic E-state index is -0.591. The number of nitrogens with one attached hydrogen (secondary N) is 1. The van der Waals surface area contributed by atoms with E-state index in [-0.39, 0.29) is 30.3 Å². The zero-order chi connectivity index (χ0) is 16.9. The maximum Gasteiger partial charge on any atom is 0.242 e. The van der Waals surface area contributed by atoms with Crippen LogP contribution in [0.5, 0.6) is 0 Å². The number of amides is 2. The van der Waals surface area contributed by atoms with E-state index in [0.717, 1.165) is 11.1 Å². The number of nitrogens with zero attached hydrogens (tertiary/aromatic N) is 1. The summed E-state index contributed by atoms with van der Waals surface area (Å²) >= 11 is 0. The second-order valence-electron chi connectivity index (χ2n) is 6.02. The molecule has 1 rings (SSSR count). The van der Waals surface area contributed by atoms with Crippen LogP contribution in [-0.2, 0) is 9.59 Å². The van der Waals surface area contributed by atoms with Crippen molar-refractivity contribution in [3.05, 3.63) is 35.4 Å². The second kappa shape index (κ2) is 7.94. The lowest BCUT2D eigenvalue weighted by atomic mass is 10.0. The van der Waals surface area contributed by atoms with Gasteiger partial charge in [-0.05, 0) is 30.9 Å². The lowest BCUT2D eigenvalue weighted by Crippen LogP contribution is -2.47. The fourth-order valence-electron chi connectivity index (χ4n) is 2.19. The van der Waals surface area contributed by atoms with Gasteiger partial charge in [0.25, 0.3) is 0 Å². The van der Waals surface area contributed by atoms with E-state index < -0.39 is 6.04 Å². The highest BCUT2D eigenvalue weighted by Gasteiger charge is 2.21. The molecule has 0 fully saturated rings. The van der Waals surface area contributed by atoms with E-state index in [9.17, 15) is 9.59 Å².